The monoisotopic (exact) mass is 286 g/mol. The Morgan fingerprint density at radius 3 is 2.52 bits per heavy atom. The van der Waals surface area contributed by atoms with Crippen molar-refractivity contribution in [3.63, 3.8) is 0 Å². The number of hydrogen-bond acceptors (Lipinski definition) is 2. The maximum Gasteiger partial charge on any atom is 0.253 e. The van der Waals surface area contributed by atoms with Crippen LogP contribution in [0, 0.1) is 12.7 Å². The first kappa shape index (κ1) is 15.0. The van der Waals surface area contributed by atoms with Crippen LogP contribution in [0.15, 0.2) is 42.5 Å². The highest BCUT2D eigenvalue weighted by Crippen LogP contribution is 2.20. The van der Waals surface area contributed by atoms with Gasteiger partial charge in [0, 0.05) is 0 Å². The van der Waals surface area contributed by atoms with Gasteiger partial charge in [0.2, 0.25) is 0 Å². The van der Waals surface area contributed by atoms with Gasteiger partial charge in [-0.15, -0.1) is 0 Å². The van der Waals surface area contributed by atoms with Gasteiger partial charge in [-0.05, 0) is 31.0 Å². The molecule has 3 nitrogen and oxygen atoms in total. The second kappa shape index (κ2) is 6.39. The van der Waals surface area contributed by atoms with Gasteiger partial charge in [0.15, 0.2) is 0 Å². The summed E-state index contributed by atoms with van der Waals surface area (Å²) in [5.74, 6) is -0.939. The summed E-state index contributed by atoms with van der Waals surface area (Å²) in [6, 6.07) is 12.1. The van der Waals surface area contributed by atoms with Gasteiger partial charge in [0.1, 0.15) is 5.82 Å². The van der Waals surface area contributed by atoms with Gasteiger partial charge in [-0.1, -0.05) is 42.8 Å². The predicted molar refractivity (Wildman–Crippen MR) is 82.5 cm³/mol. The normalized spacial score (nSPS) is 12.0. The van der Waals surface area contributed by atoms with Gasteiger partial charge in [0.05, 0.1) is 17.3 Å². The van der Waals surface area contributed by atoms with Crippen molar-refractivity contribution in [3.05, 3.63) is 65.0 Å². The number of halogens is 1. The molecular weight excluding hydrogens is 267 g/mol. The number of nitrogen functional groups attached to an aromatic ring is 1. The van der Waals surface area contributed by atoms with Crippen LogP contribution < -0.4 is 11.1 Å². The van der Waals surface area contributed by atoms with Crippen molar-refractivity contribution < 1.29 is 9.18 Å². The first-order valence-electron chi connectivity index (χ1n) is 6.94. The molecule has 1 atom stereocenters. The Morgan fingerprint density at radius 1 is 1.24 bits per heavy atom. The fourth-order valence-electron chi connectivity index (χ4n) is 2.19. The maximum absolute atomic E-state index is 13.4. The Labute approximate surface area is 124 Å². The van der Waals surface area contributed by atoms with Gasteiger partial charge < -0.3 is 11.1 Å². The third-order valence-electron chi connectivity index (χ3n) is 3.49. The standard InChI is InChI=1S/C17H19FN2O/c1-3-15(12-9-7-11(2)8-10-12)20-17(21)13-5-4-6-14(18)16(13)19/h4-10,15H,3,19H2,1-2H3,(H,20,21). The molecule has 1 amide bonds. The van der Waals surface area contributed by atoms with Crippen LogP contribution in [0.5, 0.6) is 0 Å². The molecule has 0 bridgehead atoms. The summed E-state index contributed by atoms with van der Waals surface area (Å²) >= 11 is 0. The molecule has 0 spiro atoms. The van der Waals surface area contributed by atoms with E-state index < -0.39 is 5.82 Å². The van der Waals surface area contributed by atoms with E-state index in [9.17, 15) is 9.18 Å². The van der Waals surface area contributed by atoms with Crippen molar-refractivity contribution >= 4 is 11.6 Å². The van der Waals surface area contributed by atoms with E-state index in [1.165, 1.54) is 18.2 Å². The fraction of sp³-hybridized carbons (Fsp3) is 0.235. The molecule has 2 rings (SSSR count). The highest BCUT2D eigenvalue weighted by atomic mass is 19.1. The van der Waals surface area contributed by atoms with Crippen LogP contribution in [0.4, 0.5) is 10.1 Å². The number of para-hydroxylation sites is 1. The Hall–Kier alpha value is -2.36. The molecule has 0 aliphatic heterocycles. The van der Waals surface area contributed by atoms with E-state index in [1.807, 2.05) is 38.1 Å². The zero-order chi connectivity index (χ0) is 15.4. The van der Waals surface area contributed by atoms with Crippen LogP contribution in [0.1, 0.15) is 40.9 Å². The summed E-state index contributed by atoms with van der Waals surface area (Å²) in [6.45, 7) is 4.00. The van der Waals surface area contributed by atoms with Crippen molar-refractivity contribution in [2.75, 3.05) is 5.73 Å². The van der Waals surface area contributed by atoms with E-state index in [0.29, 0.717) is 0 Å². The molecule has 21 heavy (non-hydrogen) atoms. The number of anilines is 1. The van der Waals surface area contributed by atoms with Gasteiger partial charge in [-0.25, -0.2) is 4.39 Å². The Kier molecular flexibility index (Phi) is 4.58. The van der Waals surface area contributed by atoms with E-state index in [-0.39, 0.29) is 23.2 Å². The first-order valence-corrected chi connectivity index (χ1v) is 6.94. The quantitative estimate of drug-likeness (QED) is 0.844. The summed E-state index contributed by atoms with van der Waals surface area (Å²) in [5, 5.41) is 2.90. The first-order chi connectivity index (χ1) is 10.0. The van der Waals surface area contributed by atoms with Crippen LogP contribution in [0.25, 0.3) is 0 Å². The smallest absolute Gasteiger partial charge is 0.253 e. The average molecular weight is 286 g/mol. The summed E-state index contributed by atoms with van der Waals surface area (Å²) in [7, 11) is 0. The minimum atomic E-state index is -0.578. The van der Waals surface area contributed by atoms with Crippen LogP contribution >= 0.6 is 0 Å². The largest absolute Gasteiger partial charge is 0.396 e. The molecule has 0 aromatic heterocycles. The van der Waals surface area contributed by atoms with Gasteiger partial charge in [-0.3, -0.25) is 4.79 Å². The van der Waals surface area contributed by atoms with Crippen LogP contribution in [0.3, 0.4) is 0 Å². The Balaban J connectivity index is 2.20. The number of nitrogens with one attached hydrogen (secondary N) is 1. The third-order valence-corrected chi connectivity index (χ3v) is 3.49. The number of benzene rings is 2. The minimum Gasteiger partial charge on any atom is -0.396 e. The van der Waals surface area contributed by atoms with Gasteiger partial charge in [0.25, 0.3) is 5.91 Å². The summed E-state index contributed by atoms with van der Waals surface area (Å²) in [5.41, 5.74) is 7.85. The molecule has 0 saturated heterocycles. The number of carbonyl (C=O) groups is 1. The van der Waals surface area contributed by atoms with Gasteiger partial charge in [-0.2, -0.15) is 0 Å². The second-order valence-corrected chi connectivity index (χ2v) is 5.05. The lowest BCUT2D eigenvalue weighted by molar-refractivity contribution is 0.0936. The Bertz CT molecular complexity index is 638. The maximum atomic E-state index is 13.4. The average Bonchev–Trinajstić information content (AvgIpc) is 2.48. The topological polar surface area (TPSA) is 55.1 Å². The number of amides is 1. The number of nitrogens with two attached hydrogens (primary N) is 1. The molecule has 0 aliphatic rings. The summed E-state index contributed by atoms with van der Waals surface area (Å²) in [6.07, 6.45) is 0.740. The molecule has 0 fully saturated rings. The molecule has 0 aliphatic carbocycles. The van der Waals surface area contributed by atoms with Crippen molar-refractivity contribution in [2.45, 2.75) is 26.3 Å². The lowest BCUT2D eigenvalue weighted by Crippen LogP contribution is -2.29. The predicted octanol–water partition coefficient (Wildman–Crippen LogP) is 3.60. The number of rotatable bonds is 4. The lowest BCUT2D eigenvalue weighted by atomic mass is 10.0. The molecule has 0 saturated carbocycles. The number of aryl methyl sites for hydroxylation is 1. The number of hydrogen-bond donors (Lipinski definition) is 2. The third kappa shape index (κ3) is 3.40. The molecule has 110 valence electrons. The highest BCUT2D eigenvalue weighted by Gasteiger charge is 2.17. The van der Waals surface area contributed by atoms with Gasteiger partial charge >= 0.3 is 0 Å². The zero-order valence-electron chi connectivity index (χ0n) is 12.2. The molecule has 0 radical (unpaired) electrons. The van der Waals surface area contributed by atoms with Crippen LogP contribution in [-0.4, -0.2) is 5.91 Å². The zero-order valence-corrected chi connectivity index (χ0v) is 12.2. The molecule has 2 aromatic carbocycles. The molecule has 3 N–H and O–H groups in total. The second-order valence-electron chi connectivity index (χ2n) is 5.05. The minimum absolute atomic E-state index is 0.117. The number of carbonyl (C=O) groups excluding carboxylic acids is 1. The van der Waals surface area contributed by atoms with E-state index in [4.69, 9.17) is 5.73 Å². The Morgan fingerprint density at radius 2 is 1.90 bits per heavy atom. The van der Waals surface area contributed by atoms with Crippen molar-refractivity contribution in [2.24, 2.45) is 0 Å². The van der Waals surface area contributed by atoms with E-state index in [1.54, 1.807) is 0 Å². The van der Waals surface area contributed by atoms with Crippen LogP contribution in [0.2, 0.25) is 0 Å². The van der Waals surface area contributed by atoms with E-state index in [0.717, 1.165) is 17.5 Å². The van der Waals surface area contributed by atoms with E-state index >= 15 is 0 Å². The fourth-order valence-corrected chi connectivity index (χ4v) is 2.19. The van der Waals surface area contributed by atoms with Crippen molar-refractivity contribution in [1.29, 1.82) is 0 Å². The van der Waals surface area contributed by atoms with E-state index in [2.05, 4.69) is 5.32 Å². The SMILES string of the molecule is CCC(NC(=O)c1cccc(F)c1N)c1ccc(C)cc1. The van der Waals surface area contributed by atoms with Crippen molar-refractivity contribution in [1.82, 2.24) is 5.32 Å². The summed E-state index contributed by atoms with van der Waals surface area (Å²) in [4.78, 5) is 12.3. The highest BCUT2D eigenvalue weighted by molar-refractivity contribution is 5.99. The molecule has 2 aromatic rings. The lowest BCUT2D eigenvalue weighted by Gasteiger charge is -2.18. The molecule has 1 unspecified atom stereocenters. The van der Waals surface area contributed by atoms with Crippen LogP contribution in [-0.2, 0) is 0 Å². The molecule has 0 heterocycles. The van der Waals surface area contributed by atoms with Crippen molar-refractivity contribution in [3.8, 4) is 0 Å². The molecular formula is C17H19FN2O. The summed E-state index contributed by atoms with van der Waals surface area (Å²) < 4.78 is 13.4. The molecule has 4 heteroatoms.